The molecule has 0 bridgehead atoms. The standard InChI is InChI=1S/C11H23NO/c1-4-12-8-9(2)7-11-6-5-10(3)13-11/h9-12H,4-8H2,1-3H3. The summed E-state index contributed by atoms with van der Waals surface area (Å²) in [6.07, 6.45) is 4.76. The molecule has 0 amide bonds. The Balaban J connectivity index is 2.09. The van der Waals surface area contributed by atoms with Gasteiger partial charge in [0.25, 0.3) is 0 Å². The minimum absolute atomic E-state index is 0.497. The maximum Gasteiger partial charge on any atom is 0.0582 e. The van der Waals surface area contributed by atoms with Crippen LogP contribution in [0.1, 0.15) is 40.0 Å². The first-order valence-corrected chi connectivity index (χ1v) is 5.58. The van der Waals surface area contributed by atoms with E-state index in [4.69, 9.17) is 4.74 Å². The molecule has 1 aliphatic rings. The second kappa shape index (κ2) is 5.61. The zero-order valence-electron chi connectivity index (χ0n) is 9.18. The van der Waals surface area contributed by atoms with Gasteiger partial charge >= 0.3 is 0 Å². The van der Waals surface area contributed by atoms with E-state index in [-0.39, 0.29) is 0 Å². The maximum atomic E-state index is 5.78. The molecule has 1 heterocycles. The van der Waals surface area contributed by atoms with Gasteiger partial charge in [0.05, 0.1) is 12.2 Å². The van der Waals surface area contributed by atoms with E-state index < -0.39 is 0 Å². The van der Waals surface area contributed by atoms with Crippen molar-refractivity contribution in [1.29, 1.82) is 0 Å². The molecule has 1 N–H and O–H groups in total. The van der Waals surface area contributed by atoms with Crippen molar-refractivity contribution in [2.75, 3.05) is 13.1 Å². The SMILES string of the molecule is CCNCC(C)CC1CCC(C)O1. The van der Waals surface area contributed by atoms with Crippen molar-refractivity contribution < 1.29 is 4.74 Å². The first kappa shape index (κ1) is 11.0. The number of nitrogens with one attached hydrogen (secondary N) is 1. The summed E-state index contributed by atoms with van der Waals surface area (Å²) in [6, 6.07) is 0. The lowest BCUT2D eigenvalue weighted by atomic mass is 10.0. The molecule has 1 rings (SSSR count). The van der Waals surface area contributed by atoms with Gasteiger partial charge in [-0.1, -0.05) is 13.8 Å². The summed E-state index contributed by atoms with van der Waals surface area (Å²) in [5.41, 5.74) is 0. The predicted octanol–water partition coefficient (Wildman–Crippen LogP) is 2.19. The van der Waals surface area contributed by atoms with Gasteiger partial charge in [-0.25, -0.2) is 0 Å². The molecule has 0 radical (unpaired) electrons. The van der Waals surface area contributed by atoms with Crippen LogP contribution in [-0.2, 0) is 4.74 Å². The van der Waals surface area contributed by atoms with Gasteiger partial charge in [-0.15, -0.1) is 0 Å². The van der Waals surface area contributed by atoms with Crippen LogP contribution < -0.4 is 5.32 Å². The van der Waals surface area contributed by atoms with E-state index in [1.165, 1.54) is 19.3 Å². The maximum absolute atomic E-state index is 5.78. The van der Waals surface area contributed by atoms with Crippen molar-refractivity contribution in [2.45, 2.75) is 52.2 Å². The van der Waals surface area contributed by atoms with Crippen LogP contribution in [0.25, 0.3) is 0 Å². The molecule has 2 heteroatoms. The quantitative estimate of drug-likeness (QED) is 0.709. The Labute approximate surface area is 82.0 Å². The lowest BCUT2D eigenvalue weighted by Gasteiger charge is -2.16. The minimum Gasteiger partial charge on any atom is -0.375 e. The number of hydrogen-bond donors (Lipinski definition) is 1. The molecule has 1 saturated heterocycles. The lowest BCUT2D eigenvalue weighted by Crippen LogP contribution is -2.24. The highest BCUT2D eigenvalue weighted by atomic mass is 16.5. The summed E-state index contributed by atoms with van der Waals surface area (Å²) in [4.78, 5) is 0. The summed E-state index contributed by atoms with van der Waals surface area (Å²) >= 11 is 0. The molecule has 0 aromatic rings. The summed E-state index contributed by atoms with van der Waals surface area (Å²) in [5, 5.41) is 3.38. The van der Waals surface area contributed by atoms with Gasteiger partial charge in [0, 0.05) is 0 Å². The van der Waals surface area contributed by atoms with Crippen LogP contribution in [0.15, 0.2) is 0 Å². The van der Waals surface area contributed by atoms with Gasteiger partial charge in [-0.05, 0) is 45.2 Å². The first-order valence-electron chi connectivity index (χ1n) is 5.58. The van der Waals surface area contributed by atoms with E-state index in [0.29, 0.717) is 12.2 Å². The Bertz CT molecular complexity index is 138. The third-order valence-corrected chi connectivity index (χ3v) is 2.73. The number of hydrogen-bond acceptors (Lipinski definition) is 2. The van der Waals surface area contributed by atoms with Crippen molar-refractivity contribution >= 4 is 0 Å². The summed E-state index contributed by atoms with van der Waals surface area (Å²) in [7, 11) is 0. The molecule has 3 unspecified atom stereocenters. The minimum atomic E-state index is 0.497. The second-order valence-electron chi connectivity index (χ2n) is 4.29. The third-order valence-electron chi connectivity index (χ3n) is 2.73. The number of rotatable bonds is 5. The molecular formula is C11H23NO. The Morgan fingerprint density at radius 2 is 2.23 bits per heavy atom. The molecule has 0 saturated carbocycles. The number of ether oxygens (including phenoxy) is 1. The zero-order valence-corrected chi connectivity index (χ0v) is 9.18. The van der Waals surface area contributed by atoms with E-state index in [9.17, 15) is 0 Å². The van der Waals surface area contributed by atoms with Crippen molar-refractivity contribution in [2.24, 2.45) is 5.92 Å². The topological polar surface area (TPSA) is 21.3 Å². The van der Waals surface area contributed by atoms with Crippen molar-refractivity contribution in [1.82, 2.24) is 5.32 Å². The molecule has 0 spiro atoms. The largest absolute Gasteiger partial charge is 0.375 e. The highest BCUT2D eigenvalue weighted by Crippen LogP contribution is 2.24. The van der Waals surface area contributed by atoms with Crippen LogP contribution in [-0.4, -0.2) is 25.3 Å². The molecule has 1 fully saturated rings. The summed E-state index contributed by atoms with van der Waals surface area (Å²) < 4.78 is 5.78. The van der Waals surface area contributed by atoms with Gasteiger partial charge in [-0.3, -0.25) is 0 Å². The highest BCUT2D eigenvalue weighted by Gasteiger charge is 2.22. The van der Waals surface area contributed by atoms with Crippen LogP contribution in [0.2, 0.25) is 0 Å². The van der Waals surface area contributed by atoms with E-state index in [0.717, 1.165) is 19.0 Å². The Hall–Kier alpha value is -0.0800. The first-order chi connectivity index (χ1) is 6.22. The second-order valence-corrected chi connectivity index (χ2v) is 4.29. The fourth-order valence-electron chi connectivity index (χ4n) is 1.98. The average Bonchev–Trinajstić information content (AvgIpc) is 2.48. The zero-order chi connectivity index (χ0) is 9.68. The normalized spacial score (nSPS) is 30.7. The molecule has 0 aromatic carbocycles. The molecule has 0 aromatic heterocycles. The summed E-state index contributed by atoms with van der Waals surface area (Å²) in [6.45, 7) is 8.84. The molecule has 78 valence electrons. The van der Waals surface area contributed by atoms with E-state index in [1.807, 2.05) is 0 Å². The average molecular weight is 185 g/mol. The van der Waals surface area contributed by atoms with E-state index in [2.05, 4.69) is 26.1 Å². The van der Waals surface area contributed by atoms with Gasteiger partial charge in [0.2, 0.25) is 0 Å². The predicted molar refractivity (Wildman–Crippen MR) is 55.9 cm³/mol. The summed E-state index contributed by atoms with van der Waals surface area (Å²) in [5.74, 6) is 0.746. The highest BCUT2D eigenvalue weighted by molar-refractivity contribution is 4.73. The van der Waals surface area contributed by atoms with Crippen molar-refractivity contribution in [3.05, 3.63) is 0 Å². The van der Waals surface area contributed by atoms with Crippen molar-refractivity contribution in [3.63, 3.8) is 0 Å². The van der Waals surface area contributed by atoms with Gasteiger partial charge in [0.1, 0.15) is 0 Å². The molecule has 13 heavy (non-hydrogen) atoms. The van der Waals surface area contributed by atoms with Gasteiger partial charge in [-0.2, -0.15) is 0 Å². The Kier molecular flexibility index (Phi) is 4.74. The van der Waals surface area contributed by atoms with Crippen LogP contribution in [0.5, 0.6) is 0 Å². The molecule has 1 aliphatic heterocycles. The van der Waals surface area contributed by atoms with E-state index >= 15 is 0 Å². The smallest absolute Gasteiger partial charge is 0.0582 e. The van der Waals surface area contributed by atoms with Crippen LogP contribution in [0.3, 0.4) is 0 Å². The monoisotopic (exact) mass is 185 g/mol. The van der Waals surface area contributed by atoms with Gasteiger partial charge < -0.3 is 10.1 Å². The van der Waals surface area contributed by atoms with Crippen LogP contribution >= 0.6 is 0 Å². The van der Waals surface area contributed by atoms with Crippen LogP contribution in [0, 0.1) is 5.92 Å². The van der Waals surface area contributed by atoms with E-state index in [1.54, 1.807) is 0 Å². The molecule has 2 nitrogen and oxygen atoms in total. The molecule has 0 aliphatic carbocycles. The Morgan fingerprint density at radius 1 is 1.46 bits per heavy atom. The fraction of sp³-hybridized carbons (Fsp3) is 1.00. The van der Waals surface area contributed by atoms with Crippen molar-refractivity contribution in [3.8, 4) is 0 Å². The lowest BCUT2D eigenvalue weighted by molar-refractivity contribution is 0.0424. The van der Waals surface area contributed by atoms with Gasteiger partial charge in [0.15, 0.2) is 0 Å². The van der Waals surface area contributed by atoms with Crippen LogP contribution in [0.4, 0.5) is 0 Å². The Morgan fingerprint density at radius 3 is 2.77 bits per heavy atom. The fourth-order valence-corrected chi connectivity index (χ4v) is 1.98. The third kappa shape index (κ3) is 4.10. The molecule has 3 atom stereocenters. The molecular weight excluding hydrogens is 162 g/mol.